The van der Waals surface area contributed by atoms with E-state index < -0.39 is 0 Å². The van der Waals surface area contributed by atoms with E-state index in [4.69, 9.17) is 17.3 Å². The van der Waals surface area contributed by atoms with Crippen molar-refractivity contribution >= 4 is 33.7 Å². The molecule has 2 N–H and O–H groups in total. The summed E-state index contributed by atoms with van der Waals surface area (Å²) in [4.78, 5) is 13.6. The second kappa shape index (κ2) is 7.14. The fraction of sp³-hybridized carbons (Fsp3) is 0.0952. The number of anilines is 1. The van der Waals surface area contributed by atoms with Gasteiger partial charge in [-0.2, -0.15) is 0 Å². The first-order valence-electron chi connectivity index (χ1n) is 7.73. The van der Waals surface area contributed by atoms with Gasteiger partial charge < -0.3 is 5.73 Å². The van der Waals surface area contributed by atoms with Crippen LogP contribution in [0.3, 0.4) is 0 Å². The molecule has 0 bridgehead atoms. The summed E-state index contributed by atoms with van der Waals surface area (Å²) in [6.07, 6.45) is 0. The van der Waals surface area contributed by atoms with E-state index in [1.807, 2.05) is 38.1 Å². The van der Waals surface area contributed by atoms with Crippen LogP contribution in [0.2, 0.25) is 5.02 Å². The Morgan fingerprint density at radius 3 is 2.28 bits per heavy atom. The number of rotatable bonds is 2. The van der Waals surface area contributed by atoms with E-state index in [1.165, 1.54) is 16.9 Å². The Labute approximate surface area is 156 Å². The monoisotopic (exact) mass is 365 g/mol. The summed E-state index contributed by atoms with van der Waals surface area (Å²) in [5.41, 5.74) is 10.1. The molecule has 0 aliphatic rings. The molecule has 0 radical (unpaired) electrons. The summed E-state index contributed by atoms with van der Waals surface area (Å²) in [6, 6.07) is 14.8. The highest BCUT2D eigenvalue weighted by atomic mass is 35.5. The Hall–Kier alpha value is -2.54. The molecule has 3 rings (SSSR count). The van der Waals surface area contributed by atoms with E-state index >= 15 is 0 Å². The Morgan fingerprint density at radius 2 is 1.64 bits per heavy atom. The average Bonchev–Trinajstić information content (AvgIpc) is 2.88. The molecule has 0 aliphatic heterocycles. The average molecular weight is 366 g/mol. The number of benzene rings is 2. The molecule has 0 spiro atoms. The Morgan fingerprint density at radius 1 is 1.00 bits per heavy atom. The van der Waals surface area contributed by atoms with Gasteiger partial charge in [-0.1, -0.05) is 41.1 Å². The number of hydrogen-bond acceptors (Lipinski definition) is 3. The third-order valence-electron chi connectivity index (χ3n) is 3.88. The number of aryl methyl sites for hydroxylation is 1. The third-order valence-corrected chi connectivity index (χ3v) is 5.17. The molecule has 0 fully saturated rings. The number of ketones is 1. The van der Waals surface area contributed by atoms with Gasteiger partial charge in [0.15, 0.2) is 5.78 Å². The second-order valence-electron chi connectivity index (χ2n) is 5.75. The van der Waals surface area contributed by atoms with Crippen LogP contribution in [0.4, 0.5) is 5.00 Å². The summed E-state index contributed by atoms with van der Waals surface area (Å²) < 4.78 is 0. The highest BCUT2D eigenvalue weighted by Gasteiger charge is 2.20. The molecule has 0 saturated carbocycles. The summed E-state index contributed by atoms with van der Waals surface area (Å²) in [7, 11) is 0. The Kier molecular flexibility index (Phi) is 4.94. The molecule has 0 atom stereocenters. The van der Waals surface area contributed by atoms with Crippen molar-refractivity contribution in [3.8, 4) is 11.8 Å². The van der Waals surface area contributed by atoms with Crippen molar-refractivity contribution in [2.24, 2.45) is 0 Å². The van der Waals surface area contributed by atoms with Gasteiger partial charge in [-0.3, -0.25) is 4.79 Å². The fourth-order valence-corrected chi connectivity index (χ4v) is 3.50. The first kappa shape index (κ1) is 17.3. The van der Waals surface area contributed by atoms with Gasteiger partial charge in [0.2, 0.25) is 0 Å². The van der Waals surface area contributed by atoms with Crippen LogP contribution in [-0.4, -0.2) is 5.78 Å². The Balaban J connectivity index is 1.95. The van der Waals surface area contributed by atoms with Crippen LogP contribution < -0.4 is 5.73 Å². The van der Waals surface area contributed by atoms with Gasteiger partial charge in [0.1, 0.15) is 0 Å². The van der Waals surface area contributed by atoms with Crippen molar-refractivity contribution in [3.63, 3.8) is 0 Å². The Bertz CT molecular complexity index is 989. The van der Waals surface area contributed by atoms with E-state index in [2.05, 4.69) is 11.8 Å². The van der Waals surface area contributed by atoms with Crippen LogP contribution in [0.25, 0.3) is 0 Å². The SMILES string of the molecule is Cc1ccc(C#Cc2sc(N)c(C(=O)c3ccc(Cl)cc3)c2C)cc1. The predicted molar refractivity (Wildman–Crippen MR) is 106 cm³/mol. The molecular weight excluding hydrogens is 350 g/mol. The van der Waals surface area contributed by atoms with Gasteiger partial charge in [-0.15, -0.1) is 11.3 Å². The molecule has 2 nitrogen and oxygen atoms in total. The van der Waals surface area contributed by atoms with E-state index in [0.29, 0.717) is 21.2 Å². The standard InChI is InChI=1S/C21H16ClNOS/c1-13-3-5-15(6-4-13)7-12-18-14(2)19(21(23)25-18)20(24)16-8-10-17(22)11-9-16/h3-6,8-11H,23H2,1-2H3. The van der Waals surface area contributed by atoms with Gasteiger partial charge in [0.05, 0.1) is 15.4 Å². The maximum atomic E-state index is 12.8. The molecule has 3 aromatic rings. The molecule has 0 amide bonds. The molecular formula is C21H16ClNOS. The zero-order chi connectivity index (χ0) is 18.0. The summed E-state index contributed by atoms with van der Waals surface area (Å²) in [5, 5.41) is 1.09. The summed E-state index contributed by atoms with van der Waals surface area (Å²) in [6.45, 7) is 3.92. The van der Waals surface area contributed by atoms with Crippen LogP contribution >= 0.6 is 22.9 Å². The van der Waals surface area contributed by atoms with Gasteiger partial charge in [-0.25, -0.2) is 0 Å². The first-order valence-corrected chi connectivity index (χ1v) is 8.93. The number of carbonyl (C=O) groups is 1. The number of carbonyl (C=O) groups excluding carboxylic acids is 1. The molecule has 0 unspecified atom stereocenters. The topological polar surface area (TPSA) is 43.1 Å². The van der Waals surface area contributed by atoms with E-state index in [-0.39, 0.29) is 5.78 Å². The minimum absolute atomic E-state index is 0.105. The first-order chi connectivity index (χ1) is 12.0. The second-order valence-corrected chi connectivity index (χ2v) is 7.24. The number of nitrogens with two attached hydrogens (primary N) is 1. The van der Waals surface area contributed by atoms with Crippen molar-refractivity contribution in [1.29, 1.82) is 0 Å². The lowest BCUT2D eigenvalue weighted by Gasteiger charge is -2.02. The molecule has 4 heteroatoms. The minimum Gasteiger partial charge on any atom is -0.390 e. The lowest BCUT2D eigenvalue weighted by Crippen LogP contribution is -2.04. The molecule has 0 aliphatic carbocycles. The molecule has 1 aromatic heterocycles. The van der Waals surface area contributed by atoms with Crippen molar-refractivity contribution in [1.82, 2.24) is 0 Å². The van der Waals surface area contributed by atoms with Crippen molar-refractivity contribution in [3.05, 3.63) is 86.2 Å². The third kappa shape index (κ3) is 3.76. The van der Waals surface area contributed by atoms with Gasteiger partial charge in [0.25, 0.3) is 0 Å². The van der Waals surface area contributed by atoms with Crippen molar-refractivity contribution in [2.75, 3.05) is 5.73 Å². The normalized spacial score (nSPS) is 10.2. The zero-order valence-corrected chi connectivity index (χ0v) is 15.5. The summed E-state index contributed by atoms with van der Waals surface area (Å²) in [5.74, 6) is 6.17. The van der Waals surface area contributed by atoms with Crippen LogP contribution in [0.1, 0.15) is 37.5 Å². The number of halogens is 1. The van der Waals surface area contributed by atoms with Gasteiger partial charge in [0, 0.05) is 16.1 Å². The molecule has 25 heavy (non-hydrogen) atoms. The van der Waals surface area contributed by atoms with Crippen LogP contribution in [0.15, 0.2) is 48.5 Å². The van der Waals surface area contributed by atoms with E-state index in [9.17, 15) is 4.79 Å². The smallest absolute Gasteiger partial charge is 0.196 e. The largest absolute Gasteiger partial charge is 0.390 e. The number of thiophene rings is 1. The highest BCUT2D eigenvalue weighted by Crippen LogP contribution is 2.32. The number of hydrogen-bond donors (Lipinski definition) is 1. The maximum Gasteiger partial charge on any atom is 0.196 e. The molecule has 2 aromatic carbocycles. The fourth-order valence-electron chi connectivity index (χ4n) is 2.45. The van der Waals surface area contributed by atoms with Crippen LogP contribution in [0.5, 0.6) is 0 Å². The minimum atomic E-state index is -0.105. The predicted octanol–water partition coefficient (Wildman–Crippen LogP) is 5.23. The van der Waals surface area contributed by atoms with Crippen molar-refractivity contribution in [2.45, 2.75) is 13.8 Å². The molecule has 1 heterocycles. The maximum absolute atomic E-state index is 12.8. The zero-order valence-electron chi connectivity index (χ0n) is 13.9. The molecule has 124 valence electrons. The van der Waals surface area contributed by atoms with Gasteiger partial charge >= 0.3 is 0 Å². The number of nitrogen functional groups attached to an aromatic ring is 1. The van der Waals surface area contributed by atoms with Crippen molar-refractivity contribution < 1.29 is 4.79 Å². The quantitative estimate of drug-likeness (QED) is 0.499. The van der Waals surface area contributed by atoms with E-state index in [0.717, 1.165) is 16.0 Å². The summed E-state index contributed by atoms with van der Waals surface area (Å²) >= 11 is 7.23. The molecule has 0 saturated heterocycles. The lowest BCUT2D eigenvalue weighted by molar-refractivity contribution is 0.103. The van der Waals surface area contributed by atoms with E-state index in [1.54, 1.807) is 24.3 Å². The lowest BCUT2D eigenvalue weighted by atomic mass is 10.0. The van der Waals surface area contributed by atoms with Crippen LogP contribution in [-0.2, 0) is 0 Å². The van der Waals surface area contributed by atoms with Crippen LogP contribution in [0, 0.1) is 25.7 Å². The van der Waals surface area contributed by atoms with Gasteiger partial charge in [-0.05, 0) is 55.8 Å². The highest BCUT2D eigenvalue weighted by molar-refractivity contribution is 7.17.